The van der Waals surface area contributed by atoms with Crippen molar-refractivity contribution < 1.29 is 4.74 Å². The zero-order valence-electron chi connectivity index (χ0n) is 17.5. The van der Waals surface area contributed by atoms with E-state index < -0.39 is 0 Å². The second-order valence-corrected chi connectivity index (χ2v) is 6.84. The highest BCUT2D eigenvalue weighted by Gasteiger charge is 2.26. The minimum Gasteiger partial charge on any atom is -0.496 e. The van der Waals surface area contributed by atoms with Crippen molar-refractivity contribution in [3.05, 3.63) is 42.0 Å². The van der Waals surface area contributed by atoms with E-state index in [-0.39, 0.29) is 30.0 Å². The van der Waals surface area contributed by atoms with E-state index in [2.05, 4.69) is 49.8 Å². The topological polar surface area (TPSA) is 79.6 Å². The molecule has 1 aliphatic heterocycles. The Kier molecular flexibility index (Phi) is 9.65. The number of likely N-dealkylation sites (tertiary alicyclic amines) is 1. The van der Waals surface area contributed by atoms with Crippen LogP contribution in [0.1, 0.15) is 37.2 Å². The number of nitrogens with one attached hydrogen (secondary N) is 2. The van der Waals surface area contributed by atoms with Crippen molar-refractivity contribution in [3.63, 3.8) is 0 Å². The van der Waals surface area contributed by atoms with Crippen molar-refractivity contribution in [2.45, 2.75) is 38.9 Å². The molecule has 29 heavy (non-hydrogen) atoms. The smallest absolute Gasteiger partial charge is 0.191 e. The van der Waals surface area contributed by atoms with Gasteiger partial charge < -0.3 is 19.9 Å². The number of para-hydroxylation sites is 1. The molecule has 0 spiro atoms. The molecule has 0 aliphatic carbocycles. The zero-order valence-corrected chi connectivity index (χ0v) is 19.8. The maximum atomic E-state index is 5.62. The van der Waals surface area contributed by atoms with Crippen LogP contribution < -0.4 is 15.4 Å². The first-order valence-corrected chi connectivity index (χ1v) is 9.95. The van der Waals surface area contributed by atoms with Crippen molar-refractivity contribution in [1.29, 1.82) is 0 Å². The molecule has 1 fully saturated rings. The van der Waals surface area contributed by atoms with Gasteiger partial charge in [0, 0.05) is 25.7 Å². The molecule has 0 amide bonds. The number of benzene rings is 1. The lowest BCUT2D eigenvalue weighted by atomic mass is 10.0. The molecule has 2 N–H and O–H groups in total. The Bertz CT molecular complexity index is 774. The van der Waals surface area contributed by atoms with Gasteiger partial charge in [-0.1, -0.05) is 18.2 Å². The minimum absolute atomic E-state index is 0. The molecule has 1 atom stereocenters. The highest BCUT2D eigenvalue weighted by Crippen LogP contribution is 2.31. The summed E-state index contributed by atoms with van der Waals surface area (Å²) in [6, 6.07) is 8.51. The van der Waals surface area contributed by atoms with Gasteiger partial charge in [-0.15, -0.1) is 34.2 Å². The highest BCUT2D eigenvalue weighted by atomic mass is 127. The summed E-state index contributed by atoms with van der Waals surface area (Å²) in [5.41, 5.74) is 1.21. The number of rotatable bonds is 8. The summed E-state index contributed by atoms with van der Waals surface area (Å²) in [6.07, 6.45) is 4.23. The molecule has 8 nitrogen and oxygen atoms in total. The number of ether oxygens (including phenoxy) is 1. The molecule has 1 aromatic heterocycles. The van der Waals surface area contributed by atoms with Gasteiger partial charge in [0.1, 0.15) is 12.1 Å². The van der Waals surface area contributed by atoms with Gasteiger partial charge in [0.05, 0.1) is 19.7 Å². The number of nitrogens with zero attached hydrogens (tertiary/aromatic N) is 5. The van der Waals surface area contributed by atoms with E-state index in [0.29, 0.717) is 6.54 Å². The molecule has 1 aromatic carbocycles. The Morgan fingerprint density at radius 2 is 2.00 bits per heavy atom. The van der Waals surface area contributed by atoms with Gasteiger partial charge in [-0.3, -0.25) is 9.89 Å². The van der Waals surface area contributed by atoms with Crippen molar-refractivity contribution in [1.82, 2.24) is 30.3 Å². The van der Waals surface area contributed by atoms with Crippen LogP contribution in [-0.2, 0) is 13.1 Å². The Balaban J connectivity index is 0.00000300. The van der Waals surface area contributed by atoms with Crippen molar-refractivity contribution in [2.75, 3.05) is 33.8 Å². The van der Waals surface area contributed by atoms with E-state index in [9.17, 15) is 0 Å². The van der Waals surface area contributed by atoms with Gasteiger partial charge in [-0.2, -0.15) is 0 Å². The Hall–Kier alpha value is -1.88. The number of aryl methyl sites for hydroxylation is 1. The van der Waals surface area contributed by atoms with E-state index in [4.69, 9.17) is 4.74 Å². The van der Waals surface area contributed by atoms with E-state index in [1.54, 1.807) is 20.5 Å². The highest BCUT2D eigenvalue weighted by molar-refractivity contribution is 14.0. The maximum absolute atomic E-state index is 5.62. The third kappa shape index (κ3) is 6.05. The van der Waals surface area contributed by atoms with Gasteiger partial charge >= 0.3 is 0 Å². The molecule has 160 valence electrons. The second-order valence-electron chi connectivity index (χ2n) is 6.84. The van der Waals surface area contributed by atoms with Crippen molar-refractivity contribution >= 4 is 29.9 Å². The molecule has 9 heteroatoms. The molecule has 3 rings (SSSR count). The Labute approximate surface area is 190 Å². The largest absolute Gasteiger partial charge is 0.496 e. The minimum atomic E-state index is 0. The molecule has 1 aliphatic rings. The third-order valence-corrected chi connectivity index (χ3v) is 5.22. The van der Waals surface area contributed by atoms with Crippen molar-refractivity contribution in [3.8, 4) is 5.75 Å². The van der Waals surface area contributed by atoms with Crippen molar-refractivity contribution in [2.24, 2.45) is 4.99 Å². The van der Waals surface area contributed by atoms with E-state index in [0.717, 1.165) is 43.7 Å². The molecule has 1 saturated heterocycles. The predicted octanol–water partition coefficient (Wildman–Crippen LogP) is 2.43. The molecule has 0 saturated carbocycles. The molecule has 0 radical (unpaired) electrons. The van der Waals surface area contributed by atoms with Gasteiger partial charge in [0.2, 0.25) is 0 Å². The van der Waals surface area contributed by atoms with Gasteiger partial charge in [-0.25, -0.2) is 0 Å². The fourth-order valence-electron chi connectivity index (χ4n) is 3.69. The number of guanidine groups is 1. The summed E-state index contributed by atoms with van der Waals surface area (Å²) in [5, 5.41) is 15.0. The quantitative estimate of drug-likeness (QED) is 0.321. The lowest BCUT2D eigenvalue weighted by Crippen LogP contribution is -2.42. The molecule has 1 unspecified atom stereocenters. The van der Waals surface area contributed by atoms with E-state index in [1.807, 2.05) is 16.7 Å². The fourth-order valence-corrected chi connectivity index (χ4v) is 3.69. The van der Waals surface area contributed by atoms with E-state index >= 15 is 0 Å². The first kappa shape index (κ1) is 23.4. The van der Waals surface area contributed by atoms with Gasteiger partial charge in [-0.05, 0) is 38.9 Å². The summed E-state index contributed by atoms with van der Waals surface area (Å²) in [7, 11) is 3.52. The SMILES string of the molecule is CCn1cnnc1CNC(=NC)NCC(c1ccccc1OC)N1CCCC1.I. The Morgan fingerprint density at radius 3 is 2.69 bits per heavy atom. The summed E-state index contributed by atoms with van der Waals surface area (Å²) in [5.74, 6) is 2.58. The number of hydrogen-bond donors (Lipinski definition) is 2. The van der Waals surface area contributed by atoms with Crippen LogP contribution in [-0.4, -0.2) is 59.4 Å². The number of aromatic nitrogens is 3. The van der Waals surface area contributed by atoms with Gasteiger partial charge in [0.25, 0.3) is 0 Å². The van der Waals surface area contributed by atoms with Crippen LogP contribution in [0.5, 0.6) is 5.75 Å². The second kappa shape index (κ2) is 12.0. The lowest BCUT2D eigenvalue weighted by Gasteiger charge is -2.30. The van der Waals surface area contributed by atoms with Crippen LogP contribution >= 0.6 is 24.0 Å². The molecule has 2 heterocycles. The third-order valence-electron chi connectivity index (χ3n) is 5.22. The standard InChI is InChI=1S/C20H31N7O.HI/c1-4-26-15-24-25-19(26)14-23-20(21-2)22-13-17(27-11-7-8-12-27)16-9-5-6-10-18(16)28-3;/h5-6,9-10,15,17H,4,7-8,11-14H2,1-3H3,(H2,21,22,23);1H. The first-order valence-electron chi connectivity index (χ1n) is 9.95. The number of halogens is 1. The maximum Gasteiger partial charge on any atom is 0.191 e. The normalized spacial score (nSPS) is 15.6. The summed E-state index contributed by atoms with van der Waals surface area (Å²) in [6.45, 7) is 6.47. The molecular weight excluding hydrogens is 481 g/mol. The molecule has 2 aromatic rings. The fraction of sp³-hybridized carbons (Fsp3) is 0.550. The summed E-state index contributed by atoms with van der Waals surface area (Å²) < 4.78 is 7.64. The average Bonchev–Trinajstić information content (AvgIpc) is 3.42. The Morgan fingerprint density at radius 1 is 1.24 bits per heavy atom. The van der Waals surface area contributed by atoms with Crippen LogP contribution in [0.3, 0.4) is 0 Å². The van der Waals surface area contributed by atoms with Crippen LogP contribution in [0.2, 0.25) is 0 Å². The lowest BCUT2D eigenvalue weighted by molar-refractivity contribution is 0.239. The predicted molar refractivity (Wildman–Crippen MR) is 126 cm³/mol. The zero-order chi connectivity index (χ0) is 19.8. The van der Waals surface area contributed by atoms with Gasteiger partial charge in [0.15, 0.2) is 11.8 Å². The molecule has 0 bridgehead atoms. The van der Waals surface area contributed by atoms with E-state index in [1.165, 1.54) is 18.4 Å². The number of aliphatic imine (C=N–C) groups is 1. The average molecular weight is 513 g/mol. The number of hydrogen-bond acceptors (Lipinski definition) is 5. The van der Waals surface area contributed by atoms with Crippen LogP contribution in [0.15, 0.2) is 35.6 Å². The summed E-state index contributed by atoms with van der Waals surface area (Å²) >= 11 is 0. The van der Waals surface area contributed by atoms with Crippen LogP contribution in [0.25, 0.3) is 0 Å². The first-order chi connectivity index (χ1) is 13.8. The summed E-state index contributed by atoms with van der Waals surface area (Å²) in [4.78, 5) is 6.88. The number of methoxy groups -OCH3 is 1. The molecular formula is C20H32IN7O. The van der Waals surface area contributed by atoms with Crippen LogP contribution in [0.4, 0.5) is 0 Å². The van der Waals surface area contributed by atoms with Crippen LogP contribution in [0, 0.1) is 0 Å². The monoisotopic (exact) mass is 513 g/mol.